The van der Waals surface area contributed by atoms with Gasteiger partial charge in [0.15, 0.2) is 5.78 Å². The van der Waals surface area contributed by atoms with Crippen molar-refractivity contribution >= 4 is 33.9 Å². The second kappa shape index (κ2) is 9.02. The molecule has 5 rings (SSSR count). The van der Waals surface area contributed by atoms with E-state index < -0.39 is 11.8 Å². The Morgan fingerprint density at radius 2 is 2.00 bits per heavy atom. The third-order valence-corrected chi connectivity index (χ3v) is 6.91. The maximum atomic E-state index is 15.2. The average Bonchev–Trinajstić information content (AvgIpc) is 2.97. The van der Waals surface area contributed by atoms with Gasteiger partial charge in [-0.05, 0) is 73.3 Å². The second-order valence-corrected chi connectivity index (χ2v) is 9.09. The molecule has 0 spiro atoms. The summed E-state index contributed by atoms with van der Waals surface area (Å²) in [6, 6.07) is 7.21. The predicted molar refractivity (Wildman–Crippen MR) is 136 cm³/mol. The molecule has 3 aromatic rings. The molecule has 6 heteroatoms. The van der Waals surface area contributed by atoms with Gasteiger partial charge in [-0.1, -0.05) is 31.2 Å². The summed E-state index contributed by atoms with van der Waals surface area (Å²) in [5, 5.41) is 14.1. The number of benzene rings is 2. The van der Waals surface area contributed by atoms with Gasteiger partial charge in [-0.3, -0.25) is 4.79 Å². The van der Waals surface area contributed by atoms with Gasteiger partial charge in [-0.2, -0.15) is 0 Å². The number of anilines is 1. The van der Waals surface area contributed by atoms with Crippen LogP contribution in [-0.4, -0.2) is 21.4 Å². The first-order valence-electron chi connectivity index (χ1n) is 11.9. The molecule has 0 unspecified atom stereocenters. The van der Waals surface area contributed by atoms with E-state index in [4.69, 9.17) is 0 Å². The molecule has 0 bridgehead atoms. The van der Waals surface area contributed by atoms with Gasteiger partial charge in [0, 0.05) is 39.7 Å². The van der Waals surface area contributed by atoms with Crippen LogP contribution >= 0.6 is 0 Å². The number of carboxylic acid groups (broad SMARTS) is 1. The number of hydrogen-bond donors (Lipinski definition) is 2. The van der Waals surface area contributed by atoms with E-state index in [2.05, 4.69) is 5.32 Å². The Balaban J connectivity index is 1.78. The van der Waals surface area contributed by atoms with E-state index in [-0.39, 0.29) is 18.0 Å². The first-order valence-corrected chi connectivity index (χ1v) is 11.9. The van der Waals surface area contributed by atoms with Gasteiger partial charge >= 0.3 is 5.97 Å². The largest absolute Gasteiger partial charge is 0.477 e. The average molecular weight is 471 g/mol. The summed E-state index contributed by atoms with van der Waals surface area (Å²) >= 11 is 0. The maximum absolute atomic E-state index is 15.2. The smallest absolute Gasteiger partial charge is 0.353 e. The number of allylic oxidation sites excluding steroid dienone is 5. The van der Waals surface area contributed by atoms with Crippen LogP contribution in [-0.2, 0) is 24.2 Å². The number of halogens is 1. The standard InChI is InChI=1S/C29H27FN2O3/c1-3-18-14-25-22(12-17(18)2)27(21-9-5-4-6-10-26(21)33)28(29(34)35)32(25)16-20-13-19-8-7-11-31-24(19)15-23(20)30/h4-5,7,9,11-15,31H,3,6,8,10,16H2,1-2H3,(H,34,35). The number of carbonyl (C=O) groups excluding carboxylic acids is 1. The summed E-state index contributed by atoms with van der Waals surface area (Å²) in [7, 11) is 0. The van der Waals surface area contributed by atoms with Gasteiger partial charge in [0.05, 0.1) is 6.54 Å². The van der Waals surface area contributed by atoms with Crippen molar-refractivity contribution in [2.45, 2.75) is 46.1 Å². The molecule has 5 nitrogen and oxygen atoms in total. The van der Waals surface area contributed by atoms with Gasteiger partial charge in [0.25, 0.3) is 0 Å². The molecule has 2 aromatic carbocycles. The number of aromatic nitrogens is 1. The molecule has 1 aliphatic carbocycles. The number of nitrogens with zero attached hydrogens (tertiary/aromatic N) is 1. The Morgan fingerprint density at radius 1 is 1.17 bits per heavy atom. The molecule has 1 aromatic heterocycles. The Kier molecular flexibility index (Phi) is 5.89. The fraction of sp³-hybridized carbons (Fsp3) is 0.241. The van der Waals surface area contributed by atoms with Gasteiger partial charge in [-0.15, -0.1) is 0 Å². The summed E-state index contributed by atoms with van der Waals surface area (Å²) in [4.78, 5) is 25.7. The van der Waals surface area contributed by atoms with E-state index >= 15 is 4.39 Å². The molecule has 1 aliphatic heterocycles. The molecule has 35 heavy (non-hydrogen) atoms. The highest BCUT2D eigenvalue weighted by atomic mass is 19.1. The van der Waals surface area contributed by atoms with Crippen LogP contribution in [0, 0.1) is 12.7 Å². The predicted octanol–water partition coefficient (Wildman–Crippen LogP) is 6.18. The fourth-order valence-electron chi connectivity index (χ4n) is 5.11. The summed E-state index contributed by atoms with van der Waals surface area (Å²) in [6.45, 7) is 4.09. The van der Waals surface area contributed by atoms with Crippen molar-refractivity contribution in [1.82, 2.24) is 4.57 Å². The molecular weight excluding hydrogens is 443 g/mol. The molecule has 0 amide bonds. The molecular formula is C29H27FN2O3. The van der Waals surface area contributed by atoms with Gasteiger partial charge in [0.2, 0.25) is 0 Å². The number of ketones is 1. The highest BCUT2D eigenvalue weighted by molar-refractivity contribution is 6.26. The minimum atomic E-state index is -1.14. The SMILES string of the molecule is CCc1cc2c(cc1C)c(C1=CC=CCCC1=O)c(C(=O)O)n2Cc1cc2c(cc1F)NC=CC2. The number of aryl methyl sites for hydroxylation is 2. The molecule has 0 saturated heterocycles. The van der Waals surface area contributed by atoms with E-state index in [0.29, 0.717) is 46.9 Å². The minimum absolute atomic E-state index is 0.0118. The maximum Gasteiger partial charge on any atom is 0.353 e. The summed E-state index contributed by atoms with van der Waals surface area (Å²) in [6.07, 6.45) is 11.6. The van der Waals surface area contributed by atoms with Crippen LogP contribution < -0.4 is 5.32 Å². The second-order valence-electron chi connectivity index (χ2n) is 9.09. The highest BCUT2D eigenvalue weighted by Gasteiger charge is 2.29. The fourth-order valence-corrected chi connectivity index (χ4v) is 5.11. The number of carboxylic acids is 1. The van der Waals surface area contributed by atoms with Crippen LogP contribution in [0.3, 0.4) is 0 Å². The zero-order valence-corrected chi connectivity index (χ0v) is 19.8. The molecule has 0 saturated carbocycles. The van der Waals surface area contributed by atoms with Crippen LogP contribution in [0.25, 0.3) is 16.5 Å². The van der Waals surface area contributed by atoms with Crippen molar-refractivity contribution in [1.29, 1.82) is 0 Å². The molecule has 2 N–H and O–H groups in total. The monoisotopic (exact) mass is 470 g/mol. The van der Waals surface area contributed by atoms with Gasteiger partial charge in [0.1, 0.15) is 11.5 Å². The van der Waals surface area contributed by atoms with Gasteiger partial charge < -0.3 is 15.0 Å². The lowest BCUT2D eigenvalue weighted by atomic mass is 9.94. The number of nitrogens with one attached hydrogen (secondary N) is 1. The zero-order chi connectivity index (χ0) is 24.7. The van der Waals surface area contributed by atoms with E-state index in [1.54, 1.807) is 22.9 Å². The third-order valence-electron chi connectivity index (χ3n) is 6.91. The summed E-state index contributed by atoms with van der Waals surface area (Å²) in [5.74, 6) is -1.63. The van der Waals surface area contributed by atoms with E-state index in [0.717, 1.165) is 28.8 Å². The van der Waals surface area contributed by atoms with Crippen LogP contribution in [0.5, 0.6) is 0 Å². The summed E-state index contributed by atoms with van der Waals surface area (Å²) in [5.41, 5.74) is 5.71. The summed E-state index contributed by atoms with van der Waals surface area (Å²) < 4.78 is 16.8. The Bertz CT molecular complexity index is 1470. The lowest BCUT2D eigenvalue weighted by molar-refractivity contribution is -0.113. The molecule has 2 heterocycles. The van der Waals surface area contributed by atoms with Gasteiger partial charge in [-0.25, -0.2) is 9.18 Å². The van der Waals surface area contributed by atoms with E-state index in [1.165, 1.54) is 6.07 Å². The Morgan fingerprint density at radius 3 is 2.77 bits per heavy atom. The minimum Gasteiger partial charge on any atom is -0.477 e. The lowest BCUT2D eigenvalue weighted by Crippen LogP contribution is -2.14. The first kappa shape index (κ1) is 22.8. The number of carbonyl (C=O) groups is 2. The van der Waals surface area contributed by atoms with Crippen LogP contribution in [0.1, 0.15) is 58.1 Å². The number of rotatable bonds is 5. The molecule has 0 atom stereocenters. The van der Waals surface area contributed by atoms with Crippen LogP contribution in [0.4, 0.5) is 10.1 Å². The third kappa shape index (κ3) is 3.99. The van der Waals surface area contributed by atoms with Crippen LogP contribution in [0.2, 0.25) is 0 Å². The highest BCUT2D eigenvalue weighted by Crippen LogP contribution is 2.37. The number of aromatic carboxylic acids is 1. The Hall–Kier alpha value is -3.93. The number of Topliss-reactive ketones (excluding diaryl/α,β-unsaturated/α-hetero) is 1. The number of hydrogen-bond acceptors (Lipinski definition) is 3. The number of fused-ring (bicyclic) bond motifs is 2. The topological polar surface area (TPSA) is 71.3 Å². The molecule has 178 valence electrons. The molecule has 0 fully saturated rings. The van der Waals surface area contributed by atoms with Crippen LogP contribution in [0.15, 0.2) is 54.8 Å². The van der Waals surface area contributed by atoms with Crippen molar-refractivity contribution in [3.8, 4) is 0 Å². The quantitative estimate of drug-likeness (QED) is 0.467. The normalized spacial score (nSPS) is 15.1. The van der Waals surface area contributed by atoms with E-state index in [9.17, 15) is 14.7 Å². The molecule has 0 radical (unpaired) electrons. The molecule has 2 aliphatic rings. The first-order chi connectivity index (χ1) is 16.9. The van der Waals surface area contributed by atoms with Crippen molar-refractivity contribution in [3.63, 3.8) is 0 Å². The zero-order valence-electron chi connectivity index (χ0n) is 19.8. The van der Waals surface area contributed by atoms with Crippen molar-refractivity contribution < 1.29 is 19.1 Å². The van der Waals surface area contributed by atoms with Crippen molar-refractivity contribution in [3.05, 3.63) is 94.1 Å². The van der Waals surface area contributed by atoms with Crippen molar-refractivity contribution in [2.75, 3.05) is 5.32 Å². The lowest BCUT2D eigenvalue weighted by Gasteiger charge is -2.17. The van der Waals surface area contributed by atoms with E-state index in [1.807, 2.05) is 44.2 Å². The van der Waals surface area contributed by atoms with Crippen molar-refractivity contribution in [2.24, 2.45) is 0 Å². The Labute approximate surface area is 203 Å².